The van der Waals surface area contributed by atoms with E-state index in [1.807, 2.05) is 0 Å². The van der Waals surface area contributed by atoms with Crippen LogP contribution in [-0.4, -0.2) is 28.4 Å². The molecule has 22 heavy (non-hydrogen) atoms. The molecule has 0 spiro atoms. The maximum absolute atomic E-state index is 11.6. The van der Waals surface area contributed by atoms with Crippen LogP contribution in [0.1, 0.15) is 13.8 Å². The van der Waals surface area contributed by atoms with Gasteiger partial charge in [0.05, 0.1) is 0 Å². The minimum absolute atomic E-state index is 0. The third kappa shape index (κ3) is 8.84. The van der Waals surface area contributed by atoms with Gasteiger partial charge in [-0.2, -0.15) is 0 Å². The summed E-state index contributed by atoms with van der Waals surface area (Å²) in [4.78, 5) is 31.8. The van der Waals surface area contributed by atoms with E-state index in [1.165, 1.54) is 13.8 Å². The molecule has 0 aromatic rings. The molecule has 0 radical (unpaired) electrons. The molecule has 108 valence electrons. The van der Waals surface area contributed by atoms with Crippen LogP contribution in [0, 0.1) is 0 Å². The molecule has 1 aliphatic heterocycles. The second-order valence-corrected chi connectivity index (χ2v) is 4.96. The normalized spacial score (nSPS) is 18.2. The summed E-state index contributed by atoms with van der Waals surface area (Å²) in [5.74, 6) is -4.78. The average Bonchev–Trinajstić information content (AvgIpc) is 2.53. The summed E-state index contributed by atoms with van der Waals surface area (Å²) in [6, 6.07) is 0. The van der Waals surface area contributed by atoms with E-state index in [0.29, 0.717) is 0 Å². The van der Waals surface area contributed by atoms with Gasteiger partial charge in [0, 0.05) is 0 Å². The summed E-state index contributed by atoms with van der Waals surface area (Å²) in [5, 5.41) is 30.6. The van der Waals surface area contributed by atoms with Crippen molar-refractivity contribution in [3.63, 3.8) is 0 Å². The maximum Gasteiger partial charge on any atom is 1.00 e. The van der Waals surface area contributed by atoms with Crippen molar-refractivity contribution in [2.45, 2.75) is 26.1 Å². The fourth-order valence-electron chi connectivity index (χ4n) is 1.29. The summed E-state index contributed by atoms with van der Waals surface area (Å²) in [7, 11) is -5.60. The number of allylic oxidation sites excluding steroid dienone is 1. The van der Waals surface area contributed by atoms with Crippen molar-refractivity contribution in [2.24, 2.45) is 0 Å². The Bertz CT molecular complexity index is 508. The van der Waals surface area contributed by atoms with E-state index < -0.39 is 43.3 Å². The van der Waals surface area contributed by atoms with E-state index in [-0.39, 0.29) is 160 Å². The molecule has 0 unspecified atom stereocenters. The number of ether oxygens (including phenoxy) is 1. The van der Waals surface area contributed by atoms with Gasteiger partial charge in [-0.3, -0.25) is 0 Å². The molecule has 0 saturated carbocycles. The van der Waals surface area contributed by atoms with Gasteiger partial charge in [0.1, 0.15) is 13.6 Å². The van der Waals surface area contributed by atoms with Gasteiger partial charge in [-0.25, -0.2) is 4.79 Å². The second-order valence-electron chi connectivity index (χ2n) is 3.89. The van der Waals surface area contributed by atoms with Gasteiger partial charge < -0.3 is 38.9 Å². The largest absolute Gasteiger partial charge is 1.00 e. The number of phosphoric ester groups is 1. The number of aliphatic hydroxyl groups is 2. The van der Waals surface area contributed by atoms with Crippen LogP contribution in [0.5, 0.6) is 0 Å². The Morgan fingerprint density at radius 3 is 2.14 bits per heavy atom. The van der Waals surface area contributed by atoms with Gasteiger partial charge >= 0.3 is 160 Å². The first-order chi connectivity index (χ1) is 8.54. The Morgan fingerprint density at radius 2 is 1.77 bits per heavy atom. The Kier molecular flexibility index (Phi) is 17.4. The number of hydrogen-bond acceptors (Lipinski definition) is 9. The number of esters is 1. The van der Waals surface area contributed by atoms with Gasteiger partial charge in [-0.15, -0.1) is 0 Å². The van der Waals surface area contributed by atoms with Crippen LogP contribution in [-0.2, 0) is 18.6 Å². The molecule has 0 aliphatic carbocycles. The molecule has 0 aromatic carbocycles. The number of hydrogen-bond donors (Lipinski definition) is 2. The maximum atomic E-state index is 11.6. The summed E-state index contributed by atoms with van der Waals surface area (Å²) in [5.41, 5.74) is 0.254. The zero-order valence-electron chi connectivity index (χ0n) is 12.9. The fraction of sp³-hybridized carbons (Fsp3) is 0.444. The first-order valence-electron chi connectivity index (χ1n) is 4.92. The molecular weight excluding hydrogens is 400 g/mol. The third-order valence-corrected chi connectivity index (χ3v) is 2.59. The Hall–Kier alpha value is 3.37. The van der Waals surface area contributed by atoms with Gasteiger partial charge in [0.2, 0.25) is 5.76 Å². The van der Waals surface area contributed by atoms with E-state index in [0.717, 1.165) is 0 Å². The van der Waals surface area contributed by atoms with Crippen molar-refractivity contribution in [3.05, 3.63) is 22.9 Å². The monoisotopic (exact) mass is 410 g/mol. The summed E-state index contributed by atoms with van der Waals surface area (Å²) >= 11 is 0. The molecule has 1 aliphatic rings. The fourth-order valence-corrected chi connectivity index (χ4v) is 1.68. The smallest absolute Gasteiger partial charge is 0.870 e. The first-order valence-corrected chi connectivity index (χ1v) is 6.39. The number of phosphoric acid groups is 1. The van der Waals surface area contributed by atoms with Gasteiger partial charge in [0.25, 0.3) is 0 Å². The molecule has 0 saturated heterocycles. The predicted molar refractivity (Wildman–Crippen MR) is 52.6 cm³/mol. The molecule has 0 amide bonds. The summed E-state index contributed by atoms with van der Waals surface area (Å²) < 4.78 is 18.4. The van der Waals surface area contributed by atoms with E-state index >= 15 is 0 Å². The number of carbonyl (C=O) groups excluding carboxylic acids is 1. The van der Waals surface area contributed by atoms with Gasteiger partial charge in [-0.1, -0.05) is 0 Å². The van der Waals surface area contributed by atoms with Crippen molar-refractivity contribution in [1.29, 1.82) is 0 Å². The molecule has 2 N–H and O–H groups in total. The quantitative estimate of drug-likeness (QED) is 0.198. The summed E-state index contributed by atoms with van der Waals surface area (Å²) in [6.45, 7) is 2.84. The van der Waals surface area contributed by atoms with Crippen molar-refractivity contribution < 1.29 is 198 Å². The molecule has 1 rings (SSSR count). The van der Waals surface area contributed by atoms with E-state index in [1.54, 1.807) is 0 Å². The van der Waals surface area contributed by atoms with Crippen LogP contribution >= 0.6 is 7.82 Å². The van der Waals surface area contributed by atoms with Gasteiger partial charge in [0.15, 0.2) is 12.2 Å². The number of aliphatic hydroxyl groups excluding tert-OH is 2. The van der Waals surface area contributed by atoms with Crippen LogP contribution in [0.25, 0.3) is 0 Å². The van der Waals surface area contributed by atoms with Crippen LogP contribution in [0.4, 0.5) is 0 Å². The number of rotatable bonds is 4. The van der Waals surface area contributed by atoms with Crippen LogP contribution < -0.4 is 169 Å². The van der Waals surface area contributed by atoms with E-state index in [2.05, 4.69) is 9.26 Å². The summed E-state index contributed by atoms with van der Waals surface area (Å²) in [6.07, 6.45) is -3.73. The number of carbonyl (C=O) groups is 1. The minimum atomic E-state index is -5.60. The minimum Gasteiger partial charge on any atom is -0.870 e. The number of cyclic esters (lactones) is 1. The van der Waals surface area contributed by atoms with Crippen molar-refractivity contribution >= 4 is 13.8 Å². The van der Waals surface area contributed by atoms with E-state index in [9.17, 15) is 34.5 Å². The van der Waals surface area contributed by atoms with Gasteiger partial charge in [-0.05, 0) is 25.2 Å². The molecule has 1 heterocycles. The standard InChI is InChI=1S/C9H13O9P.3K/c1-3(2)4(10)5(11)7-6(12)8(9(13)17-7)18-19(14,15)16;;;/h5,7,10-12H,1-2H3,(H2,14,15,16);;;/q;3*+1/p-3/t5-,7+;;;/m0.../s1. The van der Waals surface area contributed by atoms with Crippen LogP contribution in [0.2, 0.25) is 0 Å². The van der Waals surface area contributed by atoms with E-state index in [4.69, 9.17) is 0 Å². The molecule has 9 nitrogen and oxygen atoms in total. The molecule has 0 aromatic heterocycles. The zero-order chi connectivity index (χ0) is 15.0. The molecule has 0 bridgehead atoms. The first kappa shape index (κ1) is 30.1. The SMILES string of the molecule is CC(C)=C(O)[C@H](O)[C@H]1OC(=O)C(OP(=O)([O-])[O-])=C1[O-].[K+].[K+].[K+]. The second kappa shape index (κ2) is 12.7. The topological polar surface area (TPSA) is 162 Å². The Labute approximate surface area is 254 Å². The predicted octanol–water partition coefficient (Wildman–Crippen LogP) is -11.4. The van der Waals surface area contributed by atoms with Crippen LogP contribution in [0.15, 0.2) is 22.9 Å². The average molecular weight is 410 g/mol. The third-order valence-electron chi connectivity index (χ3n) is 2.18. The molecule has 13 heteroatoms. The zero-order valence-corrected chi connectivity index (χ0v) is 23.1. The molecular formula is C9H10K3O9P. The molecule has 0 fully saturated rings. The molecule has 2 atom stereocenters. The van der Waals surface area contributed by atoms with Crippen molar-refractivity contribution in [1.82, 2.24) is 0 Å². The Morgan fingerprint density at radius 1 is 1.32 bits per heavy atom. The van der Waals surface area contributed by atoms with Crippen LogP contribution in [0.3, 0.4) is 0 Å². The van der Waals surface area contributed by atoms with Crippen molar-refractivity contribution in [2.75, 3.05) is 0 Å². The van der Waals surface area contributed by atoms with Crippen molar-refractivity contribution in [3.8, 4) is 0 Å². The Balaban J connectivity index is -0.00000120.